The molecule has 3 atom stereocenters. The van der Waals surface area contributed by atoms with E-state index >= 15 is 4.39 Å². The van der Waals surface area contributed by atoms with Gasteiger partial charge in [-0.15, -0.1) is 6.42 Å². The number of phenolic OH excluding ortho intramolecular Hbond substituents is 1. The molecule has 0 spiro atoms. The highest BCUT2D eigenvalue weighted by molar-refractivity contribution is 6.04. The lowest BCUT2D eigenvalue weighted by Gasteiger charge is -2.31. The molecule has 4 aliphatic heterocycles. The number of alkyl halides is 1. The second-order valence-corrected chi connectivity index (χ2v) is 11.9. The molecular weight excluding hydrogens is 575 g/mol. The molecule has 3 saturated heterocycles. The van der Waals surface area contributed by atoms with E-state index in [-0.39, 0.29) is 64.0 Å². The molecule has 2 aromatic heterocycles. The van der Waals surface area contributed by atoms with Gasteiger partial charge in [0.15, 0.2) is 5.82 Å². The summed E-state index contributed by atoms with van der Waals surface area (Å²) >= 11 is 0. The maximum Gasteiger partial charge on any atom is 0.319 e. The van der Waals surface area contributed by atoms with Crippen LogP contribution in [0.3, 0.4) is 0 Å². The van der Waals surface area contributed by atoms with Crippen molar-refractivity contribution in [2.24, 2.45) is 0 Å². The van der Waals surface area contributed by atoms with E-state index in [0.717, 1.165) is 19.4 Å². The van der Waals surface area contributed by atoms with Gasteiger partial charge in [0.2, 0.25) is 5.88 Å². The number of fused-ring (bicyclic) bond motifs is 5. The summed E-state index contributed by atoms with van der Waals surface area (Å²) in [6.07, 6.45) is 6.39. The van der Waals surface area contributed by atoms with Gasteiger partial charge >= 0.3 is 6.01 Å². The first-order valence-corrected chi connectivity index (χ1v) is 14.7. The molecule has 6 heterocycles. The zero-order chi connectivity index (χ0) is 30.2. The fourth-order valence-corrected chi connectivity index (χ4v) is 7.26. The number of anilines is 1. The van der Waals surface area contributed by atoms with Gasteiger partial charge in [-0.1, -0.05) is 12.0 Å². The van der Waals surface area contributed by atoms with Gasteiger partial charge in [-0.25, -0.2) is 18.2 Å². The molecule has 0 saturated carbocycles. The van der Waals surface area contributed by atoms with Crippen LogP contribution in [0.2, 0.25) is 0 Å². The molecule has 4 aromatic rings. The molecule has 226 valence electrons. The number of ether oxygens (including phenoxy) is 3. The topological polar surface area (TPSA) is 93.1 Å². The number of phenols is 1. The highest BCUT2D eigenvalue weighted by Gasteiger charge is 2.49. The molecule has 9 nitrogen and oxygen atoms in total. The third-order valence-electron chi connectivity index (χ3n) is 9.21. The normalized spacial score (nSPS) is 24.5. The second-order valence-electron chi connectivity index (χ2n) is 11.9. The molecule has 0 radical (unpaired) electrons. The molecule has 4 aliphatic rings. The average molecular weight is 604 g/mol. The Hall–Kier alpha value is -4.34. The monoisotopic (exact) mass is 603 g/mol. The molecule has 2 aromatic carbocycles. The Morgan fingerprint density at radius 2 is 2.02 bits per heavy atom. The van der Waals surface area contributed by atoms with Crippen LogP contribution in [-0.2, 0) is 4.74 Å². The van der Waals surface area contributed by atoms with E-state index in [2.05, 4.69) is 20.8 Å². The first-order valence-electron chi connectivity index (χ1n) is 14.7. The number of aromatic hydroxyl groups is 1. The molecule has 2 bridgehead atoms. The molecule has 12 heteroatoms. The van der Waals surface area contributed by atoms with Crippen molar-refractivity contribution in [1.29, 1.82) is 0 Å². The number of aromatic nitrogens is 3. The first kappa shape index (κ1) is 27.2. The van der Waals surface area contributed by atoms with Crippen molar-refractivity contribution >= 4 is 27.5 Å². The van der Waals surface area contributed by atoms with Crippen molar-refractivity contribution in [2.45, 2.75) is 37.1 Å². The second kappa shape index (κ2) is 10.1. The zero-order valence-electron chi connectivity index (χ0n) is 23.7. The third kappa shape index (κ3) is 4.21. The van der Waals surface area contributed by atoms with Gasteiger partial charge in [-0.3, -0.25) is 4.90 Å². The summed E-state index contributed by atoms with van der Waals surface area (Å²) < 4.78 is 64.3. The highest BCUT2D eigenvalue weighted by Crippen LogP contribution is 2.44. The van der Waals surface area contributed by atoms with E-state index in [1.54, 1.807) is 0 Å². The Morgan fingerprint density at radius 3 is 2.89 bits per heavy atom. The molecule has 44 heavy (non-hydrogen) atoms. The Labute approximate surface area is 250 Å². The van der Waals surface area contributed by atoms with Crippen LogP contribution in [0.5, 0.6) is 17.6 Å². The summed E-state index contributed by atoms with van der Waals surface area (Å²) in [4.78, 5) is 17.9. The molecule has 1 N–H and O–H groups in total. The van der Waals surface area contributed by atoms with E-state index in [1.165, 1.54) is 24.3 Å². The van der Waals surface area contributed by atoms with Crippen LogP contribution in [-0.4, -0.2) is 88.8 Å². The molecular formula is C32H28F3N5O4. The summed E-state index contributed by atoms with van der Waals surface area (Å²) in [5, 5.41) is 11.5. The van der Waals surface area contributed by atoms with E-state index in [9.17, 15) is 13.9 Å². The molecule has 1 unspecified atom stereocenters. The lowest BCUT2D eigenvalue weighted by atomic mass is 9.95. The number of terminal acetylenes is 1. The van der Waals surface area contributed by atoms with Crippen LogP contribution in [0, 0.1) is 24.0 Å². The average Bonchev–Trinajstić information content (AvgIpc) is 3.36. The van der Waals surface area contributed by atoms with Gasteiger partial charge in [0.25, 0.3) is 0 Å². The van der Waals surface area contributed by atoms with Gasteiger partial charge in [-0.2, -0.15) is 9.97 Å². The molecule has 8 rings (SSSR count). The third-order valence-corrected chi connectivity index (χ3v) is 9.21. The highest BCUT2D eigenvalue weighted by atomic mass is 19.1. The van der Waals surface area contributed by atoms with E-state index in [0.29, 0.717) is 43.9 Å². The minimum Gasteiger partial charge on any atom is -0.508 e. The number of pyridine rings is 1. The van der Waals surface area contributed by atoms with Gasteiger partial charge in [-0.05, 0) is 43.0 Å². The van der Waals surface area contributed by atoms with E-state index in [1.807, 2.05) is 4.90 Å². The molecule has 3 fully saturated rings. The SMILES string of the molecule is C#Cc1c(F)ccc2cc(O)cc(-c3nc4c5c(nc(OC[C@@]67CCCN6C[C@H](F)C7)nc5c3F)N3CCOCC(C3)O4)c12. The minimum atomic E-state index is -0.934. The number of hydrogen-bond acceptors (Lipinski definition) is 9. The maximum atomic E-state index is 16.8. The fourth-order valence-electron chi connectivity index (χ4n) is 7.26. The van der Waals surface area contributed by atoms with Crippen molar-refractivity contribution in [3.05, 3.63) is 41.5 Å². The predicted molar refractivity (Wildman–Crippen MR) is 156 cm³/mol. The Balaban J connectivity index is 1.34. The zero-order valence-corrected chi connectivity index (χ0v) is 23.7. The number of nitrogens with zero attached hydrogens (tertiary/aromatic N) is 5. The van der Waals surface area contributed by atoms with Crippen LogP contribution >= 0.6 is 0 Å². The Morgan fingerprint density at radius 1 is 1.14 bits per heavy atom. The number of hydrogen-bond donors (Lipinski definition) is 1. The van der Waals surface area contributed by atoms with Gasteiger partial charge < -0.3 is 24.2 Å². The van der Waals surface area contributed by atoms with Gasteiger partial charge in [0.1, 0.15) is 52.9 Å². The van der Waals surface area contributed by atoms with Gasteiger partial charge in [0.05, 0.1) is 30.9 Å². The van der Waals surface area contributed by atoms with Crippen molar-refractivity contribution in [1.82, 2.24) is 19.9 Å². The Bertz CT molecular complexity index is 1880. The number of rotatable bonds is 4. The largest absolute Gasteiger partial charge is 0.508 e. The van der Waals surface area contributed by atoms with Crippen LogP contribution in [0.4, 0.5) is 19.0 Å². The summed E-state index contributed by atoms with van der Waals surface area (Å²) in [7, 11) is 0. The van der Waals surface area contributed by atoms with Crippen molar-refractivity contribution < 1.29 is 32.5 Å². The van der Waals surface area contributed by atoms with Crippen LogP contribution in [0.1, 0.15) is 24.8 Å². The number of benzene rings is 2. The number of halogens is 3. The van der Waals surface area contributed by atoms with Crippen molar-refractivity contribution in [3.63, 3.8) is 0 Å². The fraction of sp³-hybridized carbons (Fsp3) is 0.406. The van der Waals surface area contributed by atoms with E-state index in [4.69, 9.17) is 25.6 Å². The summed E-state index contributed by atoms with van der Waals surface area (Å²) in [5.74, 6) is 1.13. The Kier molecular flexibility index (Phi) is 6.25. The molecule has 0 amide bonds. The predicted octanol–water partition coefficient (Wildman–Crippen LogP) is 4.36. The van der Waals surface area contributed by atoms with Crippen molar-refractivity contribution in [2.75, 3.05) is 50.9 Å². The van der Waals surface area contributed by atoms with Crippen LogP contribution in [0.25, 0.3) is 32.9 Å². The summed E-state index contributed by atoms with van der Waals surface area (Å²) in [5.41, 5.74) is -0.806. The van der Waals surface area contributed by atoms with Crippen molar-refractivity contribution in [3.8, 4) is 41.2 Å². The van der Waals surface area contributed by atoms with Crippen LogP contribution in [0.15, 0.2) is 24.3 Å². The quantitative estimate of drug-likeness (QED) is 0.342. The first-order chi connectivity index (χ1) is 21.3. The minimum absolute atomic E-state index is 0.0576. The maximum absolute atomic E-state index is 16.8. The standard InChI is InChI=1S/C32H28F3N5O4/c1-2-21-23(34)5-4-17-10-19(41)11-22(24(17)21)27-26(35)28-25-29(39-8-9-42-15-20(14-39)44-30(25)36-27)38-31(37-28)43-16-32-6-3-7-40(32)13-18(33)12-32/h1,4-5,10-11,18,20,41H,3,6-9,12-16H2/t18-,20?,32+/m1/s1. The molecule has 0 aliphatic carbocycles. The summed E-state index contributed by atoms with van der Waals surface area (Å²) in [6, 6.07) is 5.31. The van der Waals surface area contributed by atoms with Gasteiger partial charge in [0, 0.05) is 30.5 Å². The smallest absolute Gasteiger partial charge is 0.319 e. The van der Waals surface area contributed by atoms with Crippen LogP contribution < -0.4 is 14.4 Å². The lowest BCUT2D eigenvalue weighted by Crippen LogP contribution is -2.43. The van der Waals surface area contributed by atoms with E-state index < -0.39 is 29.4 Å². The summed E-state index contributed by atoms with van der Waals surface area (Å²) in [6.45, 7) is 2.89. The lowest BCUT2D eigenvalue weighted by molar-refractivity contribution is 0.0717.